The predicted octanol–water partition coefficient (Wildman–Crippen LogP) is 2.91. The number of esters is 1. The SMILES string of the molecule is COC(=O)C1(Cc2nc(C3CCC3)cs2)CC1. The van der Waals surface area contributed by atoms with E-state index < -0.39 is 0 Å². The Bertz CT molecular complexity index is 432. The Balaban J connectivity index is 1.68. The van der Waals surface area contributed by atoms with Crippen molar-refractivity contribution in [3.8, 4) is 0 Å². The first-order chi connectivity index (χ1) is 8.23. The second-order valence-corrected chi connectivity index (χ2v) is 6.19. The van der Waals surface area contributed by atoms with Gasteiger partial charge in [-0.25, -0.2) is 4.98 Å². The molecule has 17 heavy (non-hydrogen) atoms. The van der Waals surface area contributed by atoms with Gasteiger partial charge in [-0.05, 0) is 25.7 Å². The van der Waals surface area contributed by atoms with Crippen molar-refractivity contribution in [2.24, 2.45) is 5.41 Å². The Morgan fingerprint density at radius 2 is 2.35 bits per heavy atom. The van der Waals surface area contributed by atoms with E-state index in [1.54, 1.807) is 11.3 Å². The molecule has 0 bridgehead atoms. The maximum atomic E-state index is 11.7. The second kappa shape index (κ2) is 4.09. The molecule has 0 spiro atoms. The molecule has 92 valence electrons. The molecule has 0 unspecified atom stereocenters. The number of carbonyl (C=O) groups is 1. The van der Waals surface area contributed by atoms with Gasteiger partial charge in [-0.15, -0.1) is 11.3 Å². The van der Waals surface area contributed by atoms with Crippen LogP contribution in [0.5, 0.6) is 0 Å². The van der Waals surface area contributed by atoms with Crippen LogP contribution in [0.15, 0.2) is 5.38 Å². The van der Waals surface area contributed by atoms with E-state index >= 15 is 0 Å². The minimum Gasteiger partial charge on any atom is -0.469 e. The van der Waals surface area contributed by atoms with Crippen LogP contribution in [0.4, 0.5) is 0 Å². The minimum absolute atomic E-state index is 0.0575. The van der Waals surface area contributed by atoms with Crippen molar-refractivity contribution in [3.63, 3.8) is 0 Å². The molecule has 1 aromatic rings. The summed E-state index contributed by atoms with van der Waals surface area (Å²) in [6, 6.07) is 0. The largest absolute Gasteiger partial charge is 0.469 e. The van der Waals surface area contributed by atoms with Crippen molar-refractivity contribution < 1.29 is 9.53 Å². The molecule has 0 radical (unpaired) electrons. The standard InChI is InChI=1S/C13H17NO2S/c1-16-12(15)13(5-6-13)7-11-14-10(8-17-11)9-3-2-4-9/h8-9H,2-7H2,1H3. The van der Waals surface area contributed by atoms with E-state index in [0.717, 1.165) is 24.3 Å². The van der Waals surface area contributed by atoms with Crippen LogP contribution in [0.1, 0.15) is 48.7 Å². The van der Waals surface area contributed by atoms with Gasteiger partial charge in [0.2, 0.25) is 0 Å². The molecule has 2 aliphatic rings. The van der Waals surface area contributed by atoms with Crippen LogP contribution in [0.3, 0.4) is 0 Å². The Morgan fingerprint density at radius 3 is 2.88 bits per heavy atom. The molecule has 0 N–H and O–H groups in total. The van der Waals surface area contributed by atoms with Crippen LogP contribution in [-0.4, -0.2) is 18.1 Å². The Labute approximate surface area is 105 Å². The molecular formula is C13H17NO2S. The molecule has 0 saturated heterocycles. The van der Waals surface area contributed by atoms with Crippen LogP contribution in [0.25, 0.3) is 0 Å². The van der Waals surface area contributed by atoms with E-state index in [-0.39, 0.29) is 11.4 Å². The van der Waals surface area contributed by atoms with E-state index in [2.05, 4.69) is 10.4 Å². The van der Waals surface area contributed by atoms with Crippen LogP contribution in [-0.2, 0) is 16.0 Å². The van der Waals surface area contributed by atoms with E-state index in [0.29, 0.717) is 5.92 Å². The lowest BCUT2D eigenvalue weighted by atomic mass is 9.83. The topological polar surface area (TPSA) is 39.2 Å². The summed E-state index contributed by atoms with van der Waals surface area (Å²) in [5.41, 5.74) is 1.01. The number of ether oxygens (including phenoxy) is 1. The lowest BCUT2D eigenvalue weighted by Gasteiger charge is -2.23. The van der Waals surface area contributed by atoms with E-state index in [4.69, 9.17) is 4.74 Å². The van der Waals surface area contributed by atoms with Gasteiger partial charge in [-0.2, -0.15) is 0 Å². The lowest BCUT2D eigenvalue weighted by molar-refractivity contribution is -0.147. The molecule has 2 fully saturated rings. The average molecular weight is 251 g/mol. The third-order valence-corrected chi connectivity index (χ3v) is 4.92. The van der Waals surface area contributed by atoms with Crippen LogP contribution in [0.2, 0.25) is 0 Å². The molecule has 0 aromatic carbocycles. The Kier molecular flexibility index (Phi) is 2.69. The van der Waals surface area contributed by atoms with Gasteiger partial charge in [0.05, 0.1) is 23.2 Å². The van der Waals surface area contributed by atoms with Gasteiger partial charge in [0.1, 0.15) is 0 Å². The summed E-state index contributed by atoms with van der Waals surface area (Å²) in [5, 5.41) is 3.28. The summed E-state index contributed by atoms with van der Waals surface area (Å²) in [4.78, 5) is 16.3. The molecule has 4 heteroatoms. The molecule has 1 aromatic heterocycles. The molecule has 2 saturated carbocycles. The molecule has 0 aliphatic heterocycles. The molecule has 1 heterocycles. The summed E-state index contributed by atoms with van der Waals surface area (Å²) in [7, 11) is 1.48. The van der Waals surface area contributed by atoms with Crippen LogP contribution < -0.4 is 0 Å². The quantitative estimate of drug-likeness (QED) is 0.772. The number of methoxy groups -OCH3 is 1. The maximum absolute atomic E-state index is 11.7. The van der Waals surface area contributed by atoms with E-state index in [1.807, 2.05) is 0 Å². The van der Waals surface area contributed by atoms with Gasteiger partial charge in [-0.3, -0.25) is 4.79 Å². The van der Waals surface area contributed by atoms with Crippen molar-refractivity contribution in [3.05, 3.63) is 16.1 Å². The summed E-state index contributed by atoms with van der Waals surface area (Å²) in [5.74, 6) is 0.631. The molecule has 2 aliphatic carbocycles. The second-order valence-electron chi connectivity index (χ2n) is 5.24. The molecule has 0 amide bonds. The zero-order chi connectivity index (χ0) is 11.9. The minimum atomic E-state index is -0.233. The van der Waals surface area contributed by atoms with Gasteiger partial charge in [0, 0.05) is 17.7 Å². The normalized spacial score (nSPS) is 21.9. The summed E-state index contributed by atoms with van der Waals surface area (Å²) in [6.45, 7) is 0. The van der Waals surface area contributed by atoms with Crippen molar-refractivity contribution in [1.29, 1.82) is 0 Å². The summed E-state index contributed by atoms with van der Waals surface area (Å²) in [6.07, 6.45) is 6.59. The Morgan fingerprint density at radius 1 is 1.59 bits per heavy atom. The highest BCUT2D eigenvalue weighted by Gasteiger charge is 2.51. The van der Waals surface area contributed by atoms with Gasteiger partial charge in [0.25, 0.3) is 0 Å². The fraction of sp³-hybridized carbons (Fsp3) is 0.692. The third kappa shape index (κ3) is 1.99. The third-order valence-electron chi connectivity index (χ3n) is 4.05. The smallest absolute Gasteiger partial charge is 0.312 e. The van der Waals surface area contributed by atoms with Crippen molar-refractivity contribution in [2.75, 3.05) is 7.11 Å². The fourth-order valence-corrected chi connectivity index (χ4v) is 3.43. The molecule has 3 rings (SSSR count). The summed E-state index contributed by atoms with van der Waals surface area (Å²) >= 11 is 1.70. The van der Waals surface area contributed by atoms with Crippen molar-refractivity contribution in [2.45, 2.75) is 44.4 Å². The monoisotopic (exact) mass is 251 g/mol. The first-order valence-corrected chi connectivity index (χ1v) is 7.14. The first-order valence-electron chi connectivity index (χ1n) is 6.26. The van der Waals surface area contributed by atoms with Crippen molar-refractivity contribution >= 4 is 17.3 Å². The lowest BCUT2D eigenvalue weighted by Crippen LogP contribution is -2.20. The number of hydrogen-bond acceptors (Lipinski definition) is 4. The average Bonchev–Trinajstić information content (AvgIpc) is 2.90. The number of rotatable bonds is 4. The number of carbonyl (C=O) groups excluding carboxylic acids is 1. The van der Waals surface area contributed by atoms with Gasteiger partial charge in [0.15, 0.2) is 0 Å². The van der Waals surface area contributed by atoms with Crippen LogP contribution in [0, 0.1) is 5.41 Å². The van der Waals surface area contributed by atoms with Gasteiger partial charge >= 0.3 is 5.97 Å². The van der Waals surface area contributed by atoms with Gasteiger partial charge in [-0.1, -0.05) is 6.42 Å². The molecule has 3 nitrogen and oxygen atoms in total. The number of thiazole rings is 1. The first kappa shape index (κ1) is 11.2. The van der Waals surface area contributed by atoms with E-state index in [9.17, 15) is 4.79 Å². The van der Waals surface area contributed by atoms with E-state index in [1.165, 1.54) is 32.1 Å². The number of nitrogens with zero attached hydrogens (tertiary/aromatic N) is 1. The van der Waals surface area contributed by atoms with Gasteiger partial charge < -0.3 is 4.74 Å². The summed E-state index contributed by atoms with van der Waals surface area (Å²) < 4.78 is 4.87. The fourth-order valence-electron chi connectivity index (χ4n) is 2.41. The maximum Gasteiger partial charge on any atom is 0.312 e. The Hall–Kier alpha value is -0.900. The molecule has 0 atom stereocenters. The highest BCUT2D eigenvalue weighted by molar-refractivity contribution is 7.09. The van der Waals surface area contributed by atoms with Crippen LogP contribution >= 0.6 is 11.3 Å². The highest BCUT2D eigenvalue weighted by atomic mass is 32.1. The van der Waals surface area contributed by atoms with Crippen molar-refractivity contribution in [1.82, 2.24) is 4.98 Å². The highest BCUT2D eigenvalue weighted by Crippen LogP contribution is 2.50. The number of hydrogen-bond donors (Lipinski definition) is 0. The molecular weight excluding hydrogens is 234 g/mol. The zero-order valence-electron chi connectivity index (χ0n) is 10.1. The predicted molar refractivity (Wildman–Crippen MR) is 66.1 cm³/mol. The zero-order valence-corrected chi connectivity index (χ0v) is 10.9. The number of aromatic nitrogens is 1.